The van der Waals surface area contributed by atoms with Gasteiger partial charge >= 0.3 is 0 Å². The van der Waals surface area contributed by atoms with E-state index in [-0.39, 0.29) is 5.91 Å². The van der Waals surface area contributed by atoms with Crippen LogP contribution in [0.3, 0.4) is 0 Å². The van der Waals surface area contributed by atoms with Crippen molar-refractivity contribution in [2.24, 2.45) is 0 Å². The molecule has 1 aromatic carbocycles. The Morgan fingerprint density at radius 2 is 1.87 bits per heavy atom. The van der Waals surface area contributed by atoms with E-state index in [1.165, 1.54) is 6.42 Å². The third kappa shape index (κ3) is 4.31. The number of para-hydroxylation sites is 1. The van der Waals surface area contributed by atoms with Gasteiger partial charge in [-0.2, -0.15) is 0 Å². The SMILES string of the molecule is O=C(CC1(Oc2ccccc2)CCCCC1)Nc1cccnc1. The molecule has 1 N–H and O–H groups in total. The van der Waals surface area contributed by atoms with Crippen LogP contribution in [0, 0.1) is 0 Å². The van der Waals surface area contributed by atoms with E-state index in [1.54, 1.807) is 12.4 Å². The van der Waals surface area contributed by atoms with Gasteiger partial charge in [0.1, 0.15) is 11.4 Å². The molecule has 1 aliphatic rings. The number of pyridine rings is 1. The maximum Gasteiger partial charge on any atom is 0.228 e. The van der Waals surface area contributed by atoms with Gasteiger partial charge in [-0.05, 0) is 49.9 Å². The molecule has 0 aliphatic heterocycles. The maximum absolute atomic E-state index is 12.5. The molecule has 1 fully saturated rings. The lowest BCUT2D eigenvalue weighted by atomic mass is 9.82. The van der Waals surface area contributed by atoms with Gasteiger partial charge in [-0.1, -0.05) is 24.6 Å². The van der Waals surface area contributed by atoms with Crippen molar-refractivity contribution in [1.82, 2.24) is 4.98 Å². The van der Waals surface area contributed by atoms with Gasteiger partial charge in [-0.15, -0.1) is 0 Å². The van der Waals surface area contributed by atoms with Gasteiger partial charge in [0.2, 0.25) is 5.91 Å². The number of amides is 1. The van der Waals surface area contributed by atoms with E-state index in [9.17, 15) is 4.79 Å². The van der Waals surface area contributed by atoms with E-state index >= 15 is 0 Å². The molecule has 0 saturated heterocycles. The van der Waals surface area contributed by atoms with Crippen LogP contribution in [0.2, 0.25) is 0 Å². The normalized spacial score (nSPS) is 16.5. The number of rotatable bonds is 5. The molecule has 1 amide bonds. The fraction of sp³-hybridized carbons (Fsp3) is 0.368. The first-order chi connectivity index (χ1) is 11.3. The standard InChI is InChI=1S/C19H22N2O2/c22-18(21-16-8-7-13-20-15-16)14-19(11-5-2-6-12-19)23-17-9-3-1-4-10-17/h1,3-4,7-10,13,15H,2,5-6,11-12,14H2,(H,21,22). The van der Waals surface area contributed by atoms with Gasteiger partial charge < -0.3 is 10.1 Å². The Morgan fingerprint density at radius 1 is 1.09 bits per heavy atom. The number of nitrogens with one attached hydrogen (secondary N) is 1. The summed E-state index contributed by atoms with van der Waals surface area (Å²) in [6.45, 7) is 0. The minimum Gasteiger partial charge on any atom is -0.487 e. The van der Waals surface area contributed by atoms with E-state index in [0.29, 0.717) is 6.42 Å². The summed E-state index contributed by atoms with van der Waals surface area (Å²) in [7, 11) is 0. The fourth-order valence-corrected chi connectivity index (χ4v) is 3.18. The number of aromatic nitrogens is 1. The molecule has 4 heteroatoms. The molecule has 23 heavy (non-hydrogen) atoms. The van der Waals surface area contributed by atoms with Gasteiger partial charge in [0.05, 0.1) is 18.3 Å². The molecule has 0 bridgehead atoms. The van der Waals surface area contributed by atoms with Crippen LogP contribution in [-0.2, 0) is 4.79 Å². The van der Waals surface area contributed by atoms with E-state index in [4.69, 9.17) is 4.74 Å². The first kappa shape index (κ1) is 15.5. The lowest BCUT2D eigenvalue weighted by Gasteiger charge is -2.37. The first-order valence-electron chi connectivity index (χ1n) is 8.20. The van der Waals surface area contributed by atoms with Crippen molar-refractivity contribution in [3.05, 3.63) is 54.9 Å². The van der Waals surface area contributed by atoms with Gasteiger partial charge in [0, 0.05) is 6.20 Å². The van der Waals surface area contributed by atoms with Crippen LogP contribution in [0.15, 0.2) is 54.9 Å². The zero-order valence-electron chi connectivity index (χ0n) is 13.2. The van der Waals surface area contributed by atoms with Crippen molar-refractivity contribution in [2.75, 3.05) is 5.32 Å². The molecule has 1 saturated carbocycles. The van der Waals surface area contributed by atoms with Crippen LogP contribution in [0.5, 0.6) is 5.75 Å². The zero-order chi connectivity index (χ0) is 16.0. The molecular formula is C19H22N2O2. The van der Waals surface area contributed by atoms with Crippen LogP contribution >= 0.6 is 0 Å². The average molecular weight is 310 g/mol. The lowest BCUT2D eigenvalue weighted by molar-refractivity contribution is -0.121. The topological polar surface area (TPSA) is 51.2 Å². The second-order valence-corrected chi connectivity index (χ2v) is 6.13. The van der Waals surface area contributed by atoms with Gasteiger partial charge in [0.15, 0.2) is 0 Å². The minimum absolute atomic E-state index is 0.0177. The number of carbonyl (C=O) groups excluding carboxylic acids is 1. The van der Waals surface area contributed by atoms with Crippen molar-refractivity contribution in [2.45, 2.75) is 44.1 Å². The Morgan fingerprint density at radius 3 is 2.57 bits per heavy atom. The number of hydrogen-bond donors (Lipinski definition) is 1. The van der Waals surface area contributed by atoms with Gasteiger partial charge in [0.25, 0.3) is 0 Å². The van der Waals surface area contributed by atoms with Crippen LogP contribution in [0.1, 0.15) is 38.5 Å². The van der Waals surface area contributed by atoms with Crippen LogP contribution < -0.4 is 10.1 Å². The summed E-state index contributed by atoms with van der Waals surface area (Å²) in [6.07, 6.45) is 8.98. The number of benzene rings is 1. The monoisotopic (exact) mass is 310 g/mol. The van der Waals surface area contributed by atoms with E-state index in [1.807, 2.05) is 42.5 Å². The molecule has 0 unspecified atom stereocenters. The molecule has 3 rings (SSSR count). The van der Waals surface area contributed by atoms with Crippen molar-refractivity contribution in [3.63, 3.8) is 0 Å². The predicted octanol–water partition coefficient (Wildman–Crippen LogP) is 4.19. The summed E-state index contributed by atoms with van der Waals surface area (Å²) < 4.78 is 6.27. The number of hydrogen-bond acceptors (Lipinski definition) is 3. The van der Waals surface area contributed by atoms with Gasteiger partial charge in [-0.3, -0.25) is 9.78 Å². The van der Waals surface area contributed by atoms with E-state index < -0.39 is 5.60 Å². The van der Waals surface area contributed by atoms with Crippen molar-refractivity contribution in [1.29, 1.82) is 0 Å². The summed E-state index contributed by atoms with van der Waals surface area (Å²) in [5.74, 6) is 0.819. The number of ether oxygens (including phenoxy) is 1. The second-order valence-electron chi connectivity index (χ2n) is 6.13. The smallest absolute Gasteiger partial charge is 0.228 e. The molecule has 120 valence electrons. The molecule has 4 nitrogen and oxygen atoms in total. The second kappa shape index (κ2) is 7.27. The zero-order valence-corrected chi connectivity index (χ0v) is 13.2. The molecule has 1 heterocycles. The number of nitrogens with zero attached hydrogens (tertiary/aromatic N) is 1. The highest BCUT2D eigenvalue weighted by Crippen LogP contribution is 2.36. The highest BCUT2D eigenvalue weighted by Gasteiger charge is 2.36. The molecular weight excluding hydrogens is 288 g/mol. The maximum atomic E-state index is 12.5. The molecule has 2 aromatic rings. The van der Waals surface area contributed by atoms with Crippen molar-refractivity contribution >= 4 is 11.6 Å². The lowest BCUT2D eigenvalue weighted by Crippen LogP contribution is -2.41. The Kier molecular flexibility index (Phi) is 4.91. The van der Waals surface area contributed by atoms with Crippen molar-refractivity contribution in [3.8, 4) is 5.75 Å². The first-order valence-corrected chi connectivity index (χ1v) is 8.20. The summed E-state index contributed by atoms with van der Waals surface area (Å²) in [5, 5.41) is 2.92. The molecule has 1 aromatic heterocycles. The third-order valence-electron chi connectivity index (χ3n) is 4.27. The predicted molar refractivity (Wildman–Crippen MR) is 90.4 cm³/mol. The summed E-state index contributed by atoms with van der Waals surface area (Å²) >= 11 is 0. The van der Waals surface area contributed by atoms with Gasteiger partial charge in [-0.25, -0.2) is 0 Å². The van der Waals surface area contributed by atoms with E-state index in [2.05, 4.69) is 10.3 Å². The van der Waals surface area contributed by atoms with Crippen molar-refractivity contribution < 1.29 is 9.53 Å². The largest absolute Gasteiger partial charge is 0.487 e. The minimum atomic E-state index is -0.397. The Labute approximate surface area is 136 Å². The quantitative estimate of drug-likeness (QED) is 0.900. The van der Waals surface area contributed by atoms with Crippen LogP contribution in [0.25, 0.3) is 0 Å². The average Bonchev–Trinajstić information content (AvgIpc) is 2.57. The summed E-state index contributed by atoms with van der Waals surface area (Å²) in [4.78, 5) is 16.5. The molecule has 0 atom stereocenters. The molecule has 1 aliphatic carbocycles. The van der Waals surface area contributed by atoms with Crippen LogP contribution in [0.4, 0.5) is 5.69 Å². The Hall–Kier alpha value is -2.36. The van der Waals surface area contributed by atoms with Crippen LogP contribution in [-0.4, -0.2) is 16.5 Å². The molecule has 0 radical (unpaired) electrons. The Bertz CT molecular complexity index is 622. The highest BCUT2D eigenvalue weighted by atomic mass is 16.5. The highest BCUT2D eigenvalue weighted by molar-refractivity contribution is 5.91. The number of carbonyl (C=O) groups is 1. The fourth-order valence-electron chi connectivity index (χ4n) is 3.18. The van der Waals surface area contributed by atoms with E-state index in [0.717, 1.165) is 37.1 Å². The Balaban J connectivity index is 1.70. The number of anilines is 1. The summed E-state index contributed by atoms with van der Waals surface area (Å²) in [6, 6.07) is 13.5. The summed E-state index contributed by atoms with van der Waals surface area (Å²) in [5.41, 5.74) is 0.328. The molecule has 0 spiro atoms. The third-order valence-corrected chi connectivity index (χ3v) is 4.27.